The first kappa shape index (κ1) is 12.4. The number of hydrogen-bond acceptors (Lipinski definition) is 2. The average molecular weight is 267 g/mol. The Balaban J connectivity index is 2.67. The number of carboxylic acids is 1. The molecule has 0 fully saturated rings. The van der Waals surface area contributed by atoms with Gasteiger partial charge in [0.25, 0.3) is 0 Å². The second kappa shape index (κ2) is 4.20. The third kappa shape index (κ3) is 1.61. The summed E-state index contributed by atoms with van der Waals surface area (Å²) in [5.74, 6) is -1.04. The monoisotopic (exact) mass is 267 g/mol. The highest BCUT2D eigenvalue weighted by molar-refractivity contribution is 6.06. The Morgan fingerprint density at radius 1 is 1.05 bits per heavy atom. The van der Waals surface area contributed by atoms with Gasteiger partial charge in [0.15, 0.2) is 5.43 Å². The van der Waals surface area contributed by atoms with Crippen LogP contribution in [0.15, 0.2) is 35.1 Å². The van der Waals surface area contributed by atoms with Crippen molar-refractivity contribution in [2.45, 2.75) is 13.8 Å². The van der Waals surface area contributed by atoms with Gasteiger partial charge in [-0.05, 0) is 37.1 Å². The lowest BCUT2D eigenvalue weighted by molar-refractivity contribution is 0.0699. The van der Waals surface area contributed by atoms with E-state index >= 15 is 0 Å². The van der Waals surface area contributed by atoms with Crippen LogP contribution in [0, 0.1) is 13.8 Å². The summed E-state index contributed by atoms with van der Waals surface area (Å²) in [6.45, 7) is 3.70. The van der Waals surface area contributed by atoms with Gasteiger partial charge >= 0.3 is 5.97 Å². The van der Waals surface area contributed by atoms with Gasteiger partial charge in [0.05, 0.1) is 16.6 Å². The zero-order valence-corrected chi connectivity index (χ0v) is 11.2. The number of hydrogen-bond donors (Lipinski definition) is 2. The number of aryl methyl sites for hydroxylation is 2. The molecule has 100 valence electrons. The number of carboxylic acid groups (broad SMARTS) is 1. The predicted octanol–water partition coefficient (Wildman–Crippen LogP) is 3.00. The first-order valence-electron chi connectivity index (χ1n) is 6.29. The summed E-state index contributed by atoms with van der Waals surface area (Å²) < 4.78 is 0. The van der Waals surface area contributed by atoms with Crippen molar-refractivity contribution < 1.29 is 9.90 Å². The van der Waals surface area contributed by atoms with E-state index in [1.54, 1.807) is 12.1 Å². The summed E-state index contributed by atoms with van der Waals surface area (Å²) in [5, 5.41) is 10.3. The molecule has 1 heterocycles. The van der Waals surface area contributed by atoms with Gasteiger partial charge in [0, 0.05) is 10.8 Å². The Kier molecular flexibility index (Phi) is 2.61. The molecule has 0 saturated carbocycles. The van der Waals surface area contributed by atoms with Crippen LogP contribution in [0.1, 0.15) is 21.5 Å². The number of pyridine rings is 1. The van der Waals surface area contributed by atoms with E-state index in [1.165, 1.54) is 6.07 Å². The van der Waals surface area contributed by atoms with Crippen molar-refractivity contribution in [3.8, 4) is 0 Å². The van der Waals surface area contributed by atoms with E-state index in [-0.39, 0.29) is 11.0 Å². The summed E-state index contributed by atoms with van der Waals surface area (Å²) in [4.78, 5) is 27.1. The van der Waals surface area contributed by atoms with Gasteiger partial charge in [-0.25, -0.2) is 4.79 Å². The highest BCUT2D eigenvalue weighted by Crippen LogP contribution is 2.22. The van der Waals surface area contributed by atoms with Crippen LogP contribution < -0.4 is 5.43 Å². The molecule has 0 spiro atoms. The molecule has 0 aliphatic heterocycles. The molecule has 0 aliphatic carbocycles. The van der Waals surface area contributed by atoms with Gasteiger partial charge in [0.1, 0.15) is 0 Å². The van der Waals surface area contributed by atoms with E-state index in [2.05, 4.69) is 4.98 Å². The van der Waals surface area contributed by atoms with Gasteiger partial charge in [0.2, 0.25) is 0 Å². The Hall–Kier alpha value is -2.62. The Morgan fingerprint density at radius 2 is 1.80 bits per heavy atom. The van der Waals surface area contributed by atoms with Crippen LogP contribution in [0.4, 0.5) is 0 Å². The largest absolute Gasteiger partial charge is 0.478 e. The number of para-hydroxylation sites is 1. The molecule has 3 aromatic rings. The van der Waals surface area contributed by atoms with E-state index in [0.717, 1.165) is 11.1 Å². The van der Waals surface area contributed by atoms with Crippen molar-refractivity contribution in [3.05, 3.63) is 57.2 Å². The first-order chi connectivity index (χ1) is 9.50. The standard InChI is InChI=1S/C16H13NO3/c1-8-6-7-11(16(19)20)14-12(8)15(18)10-5-3-4-9(2)13(10)17-14/h3-7H,1-2H3,(H,17,18)(H,19,20). The molecule has 2 N–H and O–H groups in total. The fourth-order valence-electron chi connectivity index (χ4n) is 2.59. The second-order valence-corrected chi connectivity index (χ2v) is 4.94. The lowest BCUT2D eigenvalue weighted by atomic mass is 10.0. The van der Waals surface area contributed by atoms with Crippen molar-refractivity contribution in [1.82, 2.24) is 4.98 Å². The maximum Gasteiger partial charge on any atom is 0.337 e. The van der Waals surface area contributed by atoms with Crippen LogP contribution in [-0.4, -0.2) is 16.1 Å². The Bertz CT molecular complexity index is 922. The number of benzene rings is 2. The maximum atomic E-state index is 12.6. The molecule has 4 heteroatoms. The van der Waals surface area contributed by atoms with Crippen molar-refractivity contribution in [3.63, 3.8) is 0 Å². The molecule has 0 atom stereocenters. The zero-order chi connectivity index (χ0) is 14.4. The predicted molar refractivity (Wildman–Crippen MR) is 78.5 cm³/mol. The lowest BCUT2D eigenvalue weighted by Gasteiger charge is -2.09. The molecule has 20 heavy (non-hydrogen) atoms. The molecule has 0 bridgehead atoms. The second-order valence-electron chi connectivity index (χ2n) is 4.94. The minimum Gasteiger partial charge on any atom is -0.478 e. The molecule has 0 aliphatic rings. The highest BCUT2D eigenvalue weighted by atomic mass is 16.4. The van der Waals surface area contributed by atoms with E-state index in [1.807, 2.05) is 26.0 Å². The smallest absolute Gasteiger partial charge is 0.337 e. The number of carbonyl (C=O) groups is 1. The topological polar surface area (TPSA) is 70.2 Å². The van der Waals surface area contributed by atoms with Gasteiger partial charge in [-0.1, -0.05) is 18.2 Å². The van der Waals surface area contributed by atoms with Gasteiger partial charge < -0.3 is 10.1 Å². The zero-order valence-electron chi connectivity index (χ0n) is 11.2. The quantitative estimate of drug-likeness (QED) is 0.666. The Labute approximate surface area is 114 Å². The number of aromatic carboxylic acids is 1. The summed E-state index contributed by atoms with van der Waals surface area (Å²) >= 11 is 0. The van der Waals surface area contributed by atoms with Crippen molar-refractivity contribution >= 4 is 27.8 Å². The molecule has 2 aromatic carbocycles. The fraction of sp³-hybridized carbons (Fsp3) is 0.125. The highest BCUT2D eigenvalue weighted by Gasteiger charge is 2.15. The summed E-state index contributed by atoms with van der Waals surface area (Å²) in [7, 11) is 0. The molecule has 4 nitrogen and oxygen atoms in total. The average Bonchev–Trinajstić information content (AvgIpc) is 2.40. The fourth-order valence-corrected chi connectivity index (χ4v) is 2.59. The maximum absolute atomic E-state index is 12.6. The molecular formula is C16H13NO3. The minimum absolute atomic E-state index is 0.118. The van der Waals surface area contributed by atoms with Crippen LogP contribution in [0.2, 0.25) is 0 Å². The lowest BCUT2D eigenvalue weighted by Crippen LogP contribution is -2.10. The van der Waals surface area contributed by atoms with E-state index < -0.39 is 5.97 Å². The van der Waals surface area contributed by atoms with Crippen LogP contribution in [0.5, 0.6) is 0 Å². The molecule has 0 amide bonds. The molecule has 0 unspecified atom stereocenters. The number of nitrogens with one attached hydrogen (secondary N) is 1. The van der Waals surface area contributed by atoms with Crippen LogP contribution in [0.3, 0.4) is 0 Å². The van der Waals surface area contributed by atoms with E-state index in [4.69, 9.17) is 0 Å². The van der Waals surface area contributed by atoms with Crippen LogP contribution in [0.25, 0.3) is 21.8 Å². The third-order valence-electron chi connectivity index (χ3n) is 3.64. The number of H-pyrrole nitrogens is 1. The third-order valence-corrected chi connectivity index (χ3v) is 3.64. The molecule has 3 rings (SSSR count). The number of aromatic amines is 1. The SMILES string of the molecule is Cc1cccc2c(=O)c3c(C)ccc(C(=O)O)c3[nH]c12. The number of rotatable bonds is 1. The van der Waals surface area contributed by atoms with Gasteiger partial charge in [-0.15, -0.1) is 0 Å². The summed E-state index contributed by atoms with van der Waals surface area (Å²) in [5.41, 5.74) is 2.77. The van der Waals surface area contributed by atoms with Crippen LogP contribution >= 0.6 is 0 Å². The first-order valence-corrected chi connectivity index (χ1v) is 6.29. The van der Waals surface area contributed by atoms with Gasteiger partial charge in [-0.3, -0.25) is 4.79 Å². The molecule has 0 saturated heterocycles. The van der Waals surface area contributed by atoms with Crippen molar-refractivity contribution in [1.29, 1.82) is 0 Å². The number of fused-ring (bicyclic) bond motifs is 2. The van der Waals surface area contributed by atoms with E-state index in [9.17, 15) is 14.7 Å². The molecule has 1 aromatic heterocycles. The minimum atomic E-state index is -1.04. The van der Waals surface area contributed by atoms with E-state index in [0.29, 0.717) is 21.8 Å². The van der Waals surface area contributed by atoms with Crippen molar-refractivity contribution in [2.75, 3.05) is 0 Å². The molecule has 0 radical (unpaired) electrons. The normalized spacial score (nSPS) is 11.1. The number of aromatic nitrogens is 1. The summed E-state index contributed by atoms with van der Waals surface area (Å²) in [6, 6.07) is 8.67. The molecular weight excluding hydrogens is 254 g/mol. The van der Waals surface area contributed by atoms with Crippen LogP contribution in [-0.2, 0) is 0 Å². The Morgan fingerprint density at radius 3 is 2.50 bits per heavy atom. The summed E-state index contributed by atoms with van der Waals surface area (Å²) in [6.07, 6.45) is 0. The van der Waals surface area contributed by atoms with Crippen molar-refractivity contribution in [2.24, 2.45) is 0 Å². The van der Waals surface area contributed by atoms with Gasteiger partial charge in [-0.2, -0.15) is 0 Å².